The number of benzene rings is 1. The van der Waals surface area contributed by atoms with Crippen LogP contribution >= 0.6 is 11.6 Å². The molecule has 0 amide bonds. The molecule has 1 aromatic heterocycles. The standard InChI is InChI=1S/C11H7ClN2O/c1-2-5-15-11-7-13-10-6-8(12)3-4-9(10)14-11/h1,3-4,6-7H,5H2. The molecule has 0 fully saturated rings. The van der Waals surface area contributed by atoms with Crippen LogP contribution < -0.4 is 4.74 Å². The van der Waals surface area contributed by atoms with Crippen molar-refractivity contribution in [3.8, 4) is 18.2 Å². The normalized spacial score (nSPS) is 9.87. The molecule has 0 unspecified atom stereocenters. The Bertz CT molecular complexity index is 534. The average Bonchev–Trinajstić information content (AvgIpc) is 2.26. The van der Waals surface area contributed by atoms with Crippen molar-refractivity contribution in [1.29, 1.82) is 0 Å². The molecule has 0 radical (unpaired) electrons. The zero-order valence-electron chi connectivity index (χ0n) is 7.77. The van der Waals surface area contributed by atoms with Crippen molar-refractivity contribution in [3.05, 3.63) is 29.4 Å². The lowest BCUT2D eigenvalue weighted by Crippen LogP contribution is -1.97. The van der Waals surface area contributed by atoms with E-state index in [1.54, 1.807) is 18.2 Å². The van der Waals surface area contributed by atoms with Crippen LogP contribution in [0.3, 0.4) is 0 Å². The summed E-state index contributed by atoms with van der Waals surface area (Å²) in [4.78, 5) is 8.37. The molecule has 1 heterocycles. The summed E-state index contributed by atoms with van der Waals surface area (Å²) in [5.74, 6) is 2.78. The van der Waals surface area contributed by atoms with Crippen molar-refractivity contribution in [3.63, 3.8) is 0 Å². The van der Waals surface area contributed by atoms with Gasteiger partial charge in [0.05, 0.1) is 17.2 Å². The van der Waals surface area contributed by atoms with Gasteiger partial charge in [-0.15, -0.1) is 6.42 Å². The fraction of sp³-hybridized carbons (Fsp3) is 0.0909. The lowest BCUT2D eigenvalue weighted by atomic mass is 10.3. The van der Waals surface area contributed by atoms with Gasteiger partial charge in [0, 0.05) is 5.02 Å². The molecule has 74 valence electrons. The third-order valence-corrected chi connectivity index (χ3v) is 2.02. The molecule has 2 aromatic rings. The summed E-state index contributed by atoms with van der Waals surface area (Å²) in [5.41, 5.74) is 1.46. The summed E-state index contributed by atoms with van der Waals surface area (Å²) < 4.78 is 5.15. The Labute approximate surface area is 92.1 Å². The molecule has 1 aromatic carbocycles. The first-order valence-electron chi connectivity index (χ1n) is 4.28. The van der Waals surface area contributed by atoms with Crippen LogP contribution in [0, 0.1) is 12.3 Å². The second-order valence-electron chi connectivity index (χ2n) is 2.83. The van der Waals surface area contributed by atoms with Gasteiger partial charge in [-0.2, -0.15) is 0 Å². The van der Waals surface area contributed by atoms with E-state index in [1.807, 2.05) is 0 Å². The number of hydrogen-bond donors (Lipinski definition) is 0. The summed E-state index contributed by atoms with van der Waals surface area (Å²) >= 11 is 5.82. The number of hydrogen-bond acceptors (Lipinski definition) is 3. The number of aromatic nitrogens is 2. The smallest absolute Gasteiger partial charge is 0.233 e. The number of fused-ring (bicyclic) bond motifs is 1. The molecule has 0 saturated heterocycles. The first kappa shape index (κ1) is 9.75. The number of terminal acetylenes is 1. The van der Waals surface area contributed by atoms with Crippen LogP contribution in [0.25, 0.3) is 11.0 Å². The average molecular weight is 219 g/mol. The molecule has 0 saturated carbocycles. The van der Waals surface area contributed by atoms with Gasteiger partial charge in [-0.1, -0.05) is 17.5 Å². The molecule has 0 aliphatic rings. The number of rotatable bonds is 2. The van der Waals surface area contributed by atoms with Crippen LogP contribution in [-0.4, -0.2) is 16.6 Å². The van der Waals surface area contributed by atoms with E-state index in [-0.39, 0.29) is 6.61 Å². The zero-order chi connectivity index (χ0) is 10.7. The summed E-state index contributed by atoms with van der Waals surface area (Å²) in [6.45, 7) is 0.188. The summed E-state index contributed by atoms with van der Waals surface area (Å²) in [6.07, 6.45) is 6.59. The van der Waals surface area contributed by atoms with E-state index in [0.29, 0.717) is 10.9 Å². The highest BCUT2D eigenvalue weighted by Gasteiger charge is 2.00. The molecule has 0 bridgehead atoms. The Kier molecular flexibility index (Phi) is 2.70. The van der Waals surface area contributed by atoms with E-state index in [2.05, 4.69) is 15.9 Å². The van der Waals surface area contributed by atoms with Crippen LogP contribution in [0.4, 0.5) is 0 Å². The van der Waals surface area contributed by atoms with E-state index in [4.69, 9.17) is 22.8 Å². The van der Waals surface area contributed by atoms with Crippen molar-refractivity contribution in [2.75, 3.05) is 6.61 Å². The lowest BCUT2D eigenvalue weighted by Gasteiger charge is -2.02. The van der Waals surface area contributed by atoms with Gasteiger partial charge >= 0.3 is 0 Å². The minimum Gasteiger partial charge on any atom is -0.463 e. The maximum Gasteiger partial charge on any atom is 0.233 e. The van der Waals surface area contributed by atoms with E-state index >= 15 is 0 Å². The Morgan fingerprint density at radius 3 is 3.07 bits per heavy atom. The van der Waals surface area contributed by atoms with Crippen LogP contribution in [0.15, 0.2) is 24.4 Å². The fourth-order valence-electron chi connectivity index (χ4n) is 1.15. The number of halogens is 1. The van der Waals surface area contributed by atoms with E-state index in [1.165, 1.54) is 6.20 Å². The second kappa shape index (κ2) is 4.16. The quantitative estimate of drug-likeness (QED) is 0.726. The van der Waals surface area contributed by atoms with Crippen LogP contribution in [0.1, 0.15) is 0 Å². The molecule has 0 aliphatic heterocycles. The molecule has 0 atom stereocenters. The van der Waals surface area contributed by atoms with Gasteiger partial charge in [-0.3, -0.25) is 0 Å². The van der Waals surface area contributed by atoms with Crippen molar-refractivity contribution in [2.24, 2.45) is 0 Å². The maximum atomic E-state index is 5.82. The zero-order valence-corrected chi connectivity index (χ0v) is 8.53. The molecule has 4 heteroatoms. The van der Waals surface area contributed by atoms with Gasteiger partial charge < -0.3 is 4.74 Å². The number of ether oxygens (including phenoxy) is 1. The van der Waals surface area contributed by atoms with Gasteiger partial charge in [0.25, 0.3) is 0 Å². The van der Waals surface area contributed by atoms with Crippen molar-refractivity contribution < 1.29 is 4.74 Å². The predicted octanol–water partition coefficient (Wildman–Crippen LogP) is 2.30. The Hall–Kier alpha value is -1.79. The summed E-state index contributed by atoms with van der Waals surface area (Å²) in [5, 5.41) is 0.633. The van der Waals surface area contributed by atoms with Crippen LogP contribution in [0.2, 0.25) is 5.02 Å². The van der Waals surface area contributed by atoms with Crippen molar-refractivity contribution in [1.82, 2.24) is 9.97 Å². The Balaban J connectivity index is 2.40. The van der Waals surface area contributed by atoms with Crippen molar-refractivity contribution in [2.45, 2.75) is 0 Å². The Morgan fingerprint density at radius 1 is 1.40 bits per heavy atom. The van der Waals surface area contributed by atoms with Gasteiger partial charge in [0.15, 0.2) is 6.61 Å². The second-order valence-corrected chi connectivity index (χ2v) is 3.27. The SMILES string of the molecule is C#CCOc1cnc2cc(Cl)ccc2n1. The monoisotopic (exact) mass is 218 g/mol. The highest BCUT2D eigenvalue weighted by Crippen LogP contribution is 2.17. The fourth-order valence-corrected chi connectivity index (χ4v) is 1.32. The molecular formula is C11H7ClN2O. The highest BCUT2D eigenvalue weighted by molar-refractivity contribution is 6.31. The maximum absolute atomic E-state index is 5.82. The van der Waals surface area contributed by atoms with Gasteiger partial charge in [0.1, 0.15) is 0 Å². The van der Waals surface area contributed by atoms with Crippen molar-refractivity contribution >= 4 is 22.6 Å². The molecule has 0 N–H and O–H groups in total. The molecule has 15 heavy (non-hydrogen) atoms. The minimum absolute atomic E-state index is 0.188. The lowest BCUT2D eigenvalue weighted by molar-refractivity contribution is 0.355. The highest BCUT2D eigenvalue weighted by atomic mass is 35.5. The van der Waals surface area contributed by atoms with E-state index in [0.717, 1.165) is 11.0 Å². The van der Waals surface area contributed by atoms with E-state index in [9.17, 15) is 0 Å². The largest absolute Gasteiger partial charge is 0.463 e. The van der Waals surface area contributed by atoms with E-state index < -0.39 is 0 Å². The van der Waals surface area contributed by atoms with Gasteiger partial charge in [0.2, 0.25) is 5.88 Å². The molecule has 0 aliphatic carbocycles. The molecule has 3 nitrogen and oxygen atoms in total. The topological polar surface area (TPSA) is 35.0 Å². The number of nitrogens with zero attached hydrogens (tertiary/aromatic N) is 2. The van der Waals surface area contributed by atoms with Gasteiger partial charge in [-0.25, -0.2) is 9.97 Å². The minimum atomic E-state index is 0.188. The Morgan fingerprint density at radius 2 is 2.27 bits per heavy atom. The summed E-state index contributed by atoms with van der Waals surface area (Å²) in [6, 6.07) is 5.28. The van der Waals surface area contributed by atoms with Gasteiger partial charge in [-0.05, 0) is 18.2 Å². The summed E-state index contributed by atoms with van der Waals surface area (Å²) in [7, 11) is 0. The first-order valence-corrected chi connectivity index (χ1v) is 4.66. The first-order chi connectivity index (χ1) is 7.29. The molecular weight excluding hydrogens is 212 g/mol. The molecule has 0 spiro atoms. The van der Waals surface area contributed by atoms with Crippen LogP contribution in [-0.2, 0) is 0 Å². The molecule has 2 rings (SSSR count). The predicted molar refractivity (Wildman–Crippen MR) is 58.9 cm³/mol. The third kappa shape index (κ3) is 2.17. The third-order valence-electron chi connectivity index (χ3n) is 1.79. The van der Waals surface area contributed by atoms with Crippen LogP contribution in [0.5, 0.6) is 5.88 Å².